The number of hydrogen-bond donors (Lipinski definition) is 18. The Kier molecular flexibility index (Phi) is 46.5. The van der Waals surface area contributed by atoms with Crippen molar-refractivity contribution in [2.45, 2.75) is 91.9 Å². The normalized spacial score (nSPS) is 14.7. The molecule has 0 amide bonds. The van der Waals surface area contributed by atoms with Crippen LogP contribution in [-0.2, 0) is 65.1 Å². The first-order chi connectivity index (χ1) is 68.6. The average molecular weight is 2100 g/mol. The molecule has 18 N–H and O–H groups in total. The molecule has 762 valence electrons. The van der Waals surface area contributed by atoms with Crippen LogP contribution in [0.4, 0.5) is 43.9 Å². The minimum Gasteiger partial charge on any atom is -0.495 e. The van der Waals surface area contributed by atoms with Crippen LogP contribution in [0.15, 0.2) is 233 Å². The van der Waals surface area contributed by atoms with Crippen molar-refractivity contribution in [3.8, 4) is 17.2 Å². The molecule has 9 aliphatic heterocycles. The van der Waals surface area contributed by atoms with E-state index in [1.165, 1.54) is 59.2 Å². The molecule has 9 aromatic rings. The molecule has 0 saturated carbocycles. The lowest BCUT2D eigenvalue weighted by Crippen LogP contribution is -2.33. The molecule has 0 unspecified atom stereocenters. The Morgan fingerprint density at radius 2 is 0.606 bits per heavy atom. The van der Waals surface area contributed by atoms with Gasteiger partial charge in [0.25, 0.3) is 0 Å². The van der Waals surface area contributed by atoms with Crippen molar-refractivity contribution in [3.63, 3.8) is 0 Å². The van der Waals surface area contributed by atoms with E-state index in [2.05, 4.69) is 182 Å². The maximum absolute atomic E-state index is 13.4. The van der Waals surface area contributed by atoms with Crippen molar-refractivity contribution >= 4 is 123 Å². The van der Waals surface area contributed by atoms with Crippen molar-refractivity contribution in [2.24, 2.45) is 44.9 Å². The fourth-order valence-electron chi connectivity index (χ4n) is 13.6. The van der Waals surface area contributed by atoms with E-state index in [1.54, 1.807) is 73.8 Å². The van der Waals surface area contributed by atoms with Gasteiger partial charge in [-0.15, -0.1) is 13.2 Å². The molecule has 30 nitrogen and oxygen atoms in total. The van der Waals surface area contributed by atoms with E-state index in [4.69, 9.17) is 74.3 Å². The van der Waals surface area contributed by atoms with Gasteiger partial charge < -0.3 is 110 Å². The number of halogens is 16. The number of rotatable bonds is 22. The quantitative estimate of drug-likeness (QED) is 0.0280. The number of nitrogens with zero attached hydrogens (tertiary/aromatic N) is 9. The van der Waals surface area contributed by atoms with Crippen molar-refractivity contribution in [1.82, 2.24) is 95.7 Å². The van der Waals surface area contributed by atoms with E-state index in [0.29, 0.717) is 102 Å². The third kappa shape index (κ3) is 39.4. The van der Waals surface area contributed by atoms with E-state index < -0.39 is 30.5 Å². The minimum atomic E-state index is -4.68. The number of hydrogen-bond acceptors (Lipinski definition) is 30. The monoisotopic (exact) mass is 2090 g/mol. The number of nitrogens with one attached hydrogen (secondary N) is 18. The summed E-state index contributed by atoms with van der Waals surface area (Å²) < 4.78 is 139. The van der Waals surface area contributed by atoms with Crippen LogP contribution in [0.2, 0.25) is 30.1 Å². The molecule has 18 rings (SSSR count). The van der Waals surface area contributed by atoms with Crippen molar-refractivity contribution in [1.29, 1.82) is 0 Å². The average Bonchev–Trinajstić information content (AvgIpc) is 1.05. The zero-order valence-corrected chi connectivity index (χ0v) is 82.4. The SMILES string of the molecule is COc1c(Cl)cccc1CNC1=NCCN1.Cc1cccc(CNC2=NCCN2)c1C.Clc1cccc(CNC2=NCCN2)c1Cl.Clc1ccccc1CNC1=NCCN1.FC(F)(F)Oc1ccccc1CNC1=NCCN1.FC(F)(F)c1ccccc1CNC1=NCCN1.FC(F)Oc1ccccc1CNC1=NCCN1.Fc1c(Cl)cccc1CNC1=NCCN1.Fc1cccc(CNC2=NCCN2)c1Cl. The van der Waals surface area contributed by atoms with E-state index in [0.717, 1.165) is 186 Å². The fraction of sp³-hybridized carbons (Fsp3) is 0.344. The number of aryl methyl sites for hydroxylation is 1. The molecule has 0 fully saturated rings. The van der Waals surface area contributed by atoms with Crippen LogP contribution in [0.1, 0.15) is 66.8 Å². The molecule has 0 atom stereocenters. The zero-order valence-electron chi connectivity index (χ0n) is 77.9. The highest BCUT2D eigenvalue weighted by Gasteiger charge is 2.34. The van der Waals surface area contributed by atoms with Crippen LogP contribution in [0.5, 0.6) is 17.2 Å². The van der Waals surface area contributed by atoms with Gasteiger partial charge in [-0.05, 0) is 101 Å². The molecule has 9 heterocycles. The fourth-order valence-corrected chi connectivity index (χ4v) is 14.8. The number of methoxy groups -OCH3 is 1. The van der Waals surface area contributed by atoms with Gasteiger partial charge in [0.1, 0.15) is 28.9 Å². The Morgan fingerprint density at radius 1 is 0.310 bits per heavy atom. The molecule has 0 saturated heterocycles. The third-order valence-electron chi connectivity index (χ3n) is 20.8. The van der Waals surface area contributed by atoms with Crippen LogP contribution in [0.3, 0.4) is 0 Å². The number of ether oxygens (including phenoxy) is 3. The van der Waals surface area contributed by atoms with Crippen LogP contribution >= 0.6 is 69.6 Å². The van der Waals surface area contributed by atoms with Crippen LogP contribution in [-0.4, -0.2) is 192 Å². The number of benzene rings is 9. The number of guanidine groups is 9. The van der Waals surface area contributed by atoms with Gasteiger partial charge in [0.2, 0.25) is 0 Å². The van der Waals surface area contributed by atoms with Crippen molar-refractivity contribution in [3.05, 3.63) is 297 Å². The summed E-state index contributed by atoms with van der Waals surface area (Å²) >= 11 is 35.4. The molecule has 0 aliphatic carbocycles. The van der Waals surface area contributed by atoms with E-state index in [-0.39, 0.29) is 46.0 Å². The lowest BCUT2D eigenvalue weighted by Gasteiger charge is -2.14. The third-order valence-corrected chi connectivity index (χ3v) is 23.1. The van der Waals surface area contributed by atoms with Gasteiger partial charge in [-0.1, -0.05) is 209 Å². The first-order valence-electron chi connectivity index (χ1n) is 45.2. The topological polar surface area (TPSA) is 355 Å². The maximum atomic E-state index is 13.4. The van der Waals surface area contributed by atoms with Crippen LogP contribution in [0.25, 0.3) is 0 Å². The predicted octanol–water partition coefficient (Wildman–Crippen LogP) is 14.0. The first-order valence-corrected chi connectivity index (χ1v) is 47.5. The van der Waals surface area contributed by atoms with Gasteiger partial charge in [-0.25, -0.2) is 8.78 Å². The second kappa shape index (κ2) is 59.6. The van der Waals surface area contributed by atoms with E-state index >= 15 is 0 Å². The second-order valence-corrected chi connectivity index (χ2v) is 33.3. The molecule has 9 aliphatic rings. The Bertz CT molecular complexity index is 5500. The Hall–Kier alpha value is -13.2. The standard InChI is InChI=1S/C12H17N3.C11H14ClN3O.C11H12F3N3O.C11H12F3N3.C11H13F2N3O.C10H11Cl2N3.2C10H11ClFN3.C10H12ClN3/c1-9-4-3-5-11(10(9)2)8-15-12-13-6-7-14-12;1-16-10-8(3-2-4-9(10)12)7-15-11-13-5-6-14-11;12-11(13,14)18-9-4-2-1-3-8(9)7-17-10-15-5-6-16-10;12-11(13,14)9-4-2-1-3-8(9)7-17-10-15-5-6-16-10;12-10(13)17-9-4-2-1-3-8(9)7-16-11-14-5-6-15-11;11-8-3-1-2-7(9(8)12)6-15-10-13-4-5-14-10;11-9-7(2-1-3-8(9)12)6-15-10-13-4-5-14-10;11-8-3-1-2-7(9(8)12)6-15-10-13-4-5-14-10;11-9-4-2-1-3-8(9)7-14-10-12-5-6-13-10/h3-5H,6-8H2,1-2H3,(H2,13,14,15);2-4H,5-7H2,1H3,(H2,13,14,15);1-4H,5-7H2,(H2,15,16,17);1-4H,5-7H2,(H2,15,16,17);1-4,10H,5-7H2,(H2,14,15,16);3*1-3H,4-6H2,(H2,13,14,15);1-4H,5-7H2,(H2,12,13,14). The Morgan fingerprint density at radius 3 is 1.01 bits per heavy atom. The Balaban J connectivity index is 0.000000164. The van der Waals surface area contributed by atoms with Crippen molar-refractivity contribution < 1.29 is 58.1 Å². The first kappa shape index (κ1) is 111. The van der Waals surface area contributed by atoms with E-state index in [1.807, 2.05) is 54.6 Å². The second-order valence-electron chi connectivity index (χ2n) is 30.9. The highest BCUT2D eigenvalue weighted by atomic mass is 35.5. The van der Waals surface area contributed by atoms with Crippen LogP contribution < -0.4 is 110 Å². The smallest absolute Gasteiger partial charge is 0.495 e. The molecule has 0 radical (unpaired) electrons. The summed E-state index contributed by atoms with van der Waals surface area (Å²) in [4.78, 5) is 37.6. The zero-order chi connectivity index (χ0) is 101. The molecule has 0 aromatic heterocycles. The maximum Gasteiger partial charge on any atom is 0.573 e. The van der Waals surface area contributed by atoms with Gasteiger partial charge in [-0.2, -0.15) is 22.0 Å². The summed E-state index contributed by atoms with van der Waals surface area (Å²) in [6.07, 6.45) is -9.00. The summed E-state index contributed by atoms with van der Waals surface area (Å²) in [6.45, 7) is 20.5. The summed E-state index contributed by atoms with van der Waals surface area (Å²) in [6, 6.07) is 53.5. The molecular formula is C96H113Cl6F10N27O3. The number of alkyl halides is 8. The molecule has 9 aromatic carbocycles. The van der Waals surface area contributed by atoms with Gasteiger partial charge >= 0.3 is 19.2 Å². The van der Waals surface area contributed by atoms with Gasteiger partial charge in [0, 0.05) is 145 Å². The summed E-state index contributed by atoms with van der Waals surface area (Å²) in [5.74, 6) is 6.71. The lowest BCUT2D eigenvalue weighted by atomic mass is 10.0. The largest absolute Gasteiger partial charge is 0.573 e. The minimum absolute atomic E-state index is 0.113. The molecule has 46 heteroatoms. The summed E-state index contributed by atoms with van der Waals surface area (Å²) in [7, 11) is 1.62. The Labute approximate surface area is 847 Å². The predicted molar refractivity (Wildman–Crippen MR) is 547 cm³/mol. The van der Waals surface area contributed by atoms with E-state index in [9.17, 15) is 43.9 Å². The molecule has 142 heavy (non-hydrogen) atoms. The van der Waals surface area contributed by atoms with Gasteiger partial charge in [-0.3, -0.25) is 44.9 Å². The molecule has 0 spiro atoms. The number of para-hydroxylation sites is 3. The lowest BCUT2D eigenvalue weighted by molar-refractivity contribution is -0.274. The highest BCUT2D eigenvalue weighted by molar-refractivity contribution is 6.42. The number of aliphatic imine (C=N–C) groups is 9. The van der Waals surface area contributed by atoms with Gasteiger partial charge in [0.05, 0.1) is 96.7 Å². The van der Waals surface area contributed by atoms with Crippen LogP contribution in [0, 0.1) is 25.5 Å². The van der Waals surface area contributed by atoms with Gasteiger partial charge in [0.15, 0.2) is 53.6 Å². The summed E-state index contributed by atoms with van der Waals surface area (Å²) in [5, 5.41) is 58.3. The molecule has 0 bridgehead atoms. The highest BCUT2D eigenvalue weighted by Crippen LogP contribution is 2.33. The molecular weight excluding hydrogens is 1980 g/mol. The summed E-state index contributed by atoms with van der Waals surface area (Å²) in [5.41, 5.74) is 9.10. The van der Waals surface area contributed by atoms with Crippen molar-refractivity contribution in [2.75, 3.05) is 125 Å².